The van der Waals surface area contributed by atoms with Gasteiger partial charge in [0.1, 0.15) is 17.1 Å². The van der Waals surface area contributed by atoms with Gasteiger partial charge in [0.15, 0.2) is 5.58 Å². The summed E-state index contributed by atoms with van der Waals surface area (Å²) >= 11 is 12.6. The van der Waals surface area contributed by atoms with Gasteiger partial charge >= 0.3 is 5.63 Å². The van der Waals surface area contributed by atoms with E-state index in [1.54, 1.807) is 30.5 Å². The molecule has 0 aliphatic heterocycles. The van der Waals surface area contributed by atoms with E-state index in [0.29, 0.717) is 49.2 Å². The first kappa shape index (κ1) is 17.2. The zero-order valence-electron chi connectivity index (χ0n) is 14.6. The van der Waals surface area contributed by atoms with Gasteiger partial charge in [-0.3, -0.25) is 0 Å². The maximum absolute atomic E-state index is 12.2. The zero-order chi connectivity index (χ0) is 19.4. The highest BCUT2D eigenvalue weighted by Gasteiger charge is 2.24. The van der Waals surface area contributed by atoms with Crippen molar-refractivity contribution in [3.63, 3.8) is 0 Å². The summed E-state index contributed by atoms with van der Waals surface area (Å²) in [6.45, 7) is 1.97. The number of halogens is 2. The Morgan fingerprint density at radius 1 is 0.929 bits per heavy atom. The van der Waals surface area contributed by atoms with Crippen LogP contribution in [0.3, 0.4) is 0 Å². The Kier molecular flexibility index (Phi) is 3.86. The van der Waals surface area contributed by atoms with Crippen molar-refractivity contribution < 1.29 is 13.3 Å². The van der Waals surface area contributed by atoms with E-state index >= 15 is 0 Å². The fourth-order valence-electron chi connectivity index (χ4n) is 3.44. The van der Waals surface area contributed by atoms with Gasteiger partial charge in [-0.2, -0.15) is 0 Å². The second kappa shape index (κ2) is 6.30. The fourth-order valence-corrected chi connectivity index (χ4v) is 3.98. The van der Waals surface area contributed by atoms with E-state index in [1.165, 1.54) is 6.07 Å². The van der Waals surface area contributed by atoms with Crippen LogP contribution < -0.4 is 5.63 Å². The van der Waals surface area contributed by atoms with Crippen molar-refractivity contribution in [3.8, 4) is 22.6 Å². The molecule has 138 valence electrons. The van der Waals surface area contributed by atoms with Gasteiger partial charge in [-0.1, -0.05) is 34.8 Å². The summed E-state index contributed by atoms with van der Waals surface area (Å²) in [4.78, 5) is 12.2. The first-order chi connectivity index (χ1) is 13.5. The van der Waals surface area contributed by atoms with Gasteiger partial charge in [-0.05, 0) is 43.3 Å². The number of aryl methyl sites for hydroxylation is 1. The maximum Gasteiger partial charge on any atom is 0.336 e. The topological polar surface area (TPSA) is 56.5 Å². The minimum absolute atomic E-state index is 0.380. The zero-order valence-corrected chi connectivity index (χ0v) is 16.1. The predicted octanol–water partition coefficient (Wildman–Crippen LogP) is 7.08. The van der Waals surface area contributed by atoms with E-state index in [9.17, 15) is 4.79 Å². The molecule has 0 bridgehead atoms. The third kappa shape index (κ3) is 2.65. The molecule has 0 unspecified atom stereocenters. The Balaban J connectivity index is 1.97. The molecule has 0 aliphatic carbocycles. The van der Waals surface area contributed by atoms with E-state index in [1.807, 2.05) is 25.1 Å². The lowest BCUT2D eigenvalue weighted by Crippen LogP contribution is -1.98. The molecule has 0 N–H and O–H groups in total. The lowest BCUT2D eigenvalue weighted by atomic mass is 10.0. The summed E-state index contributed by atoms with van der Waals surface area (Å²) in [5.41, 5.74) is 2.79. The minimum Gasteiger partial charge on any atom is -0.464 e. The van der Waals surface area contributed by atoms with Crippen molar-refractivity contribution >= 4 is 45.1 Å². The van der Waals surface area contributed by atoms with E-state index in [4.69, 9.17) is 36.5 Å². The first-order valence-electron chi connectivity index (χ1n) is 8.51. The van der Waals surface area contributed by atoms with Crippen LogP contribution in [0.15, 0.2) is 72.8 Å². The summed E-state index contributed by atoms with van der Waals surface area (Å²) < 4.78 is 17.2. The van der Waals surface area contributed by atoms with Crippen molar-refractivity contribution in [1.82, 2.24) is 0 Å². The maximum atomic E-state index is 12.2. The molecule has 5 rings (SSSR count). The van der Waals surface area contributed by atoms with E-state index in [-0.39, 0.29) is 0 Å². The Labute approximate surface area is 168 Å². The second-order valence-electron chi connectivity index (χ2n) is 6.53. The smallest absolute Gasteiger partial charge is 0.336 e. The van der Waals surface area contributed by atoms with Crippen LogP contribution in [0.2, 0.25) is 10.0 Å². The van der Waals surface area contributed by atoms with Gasteiger partial charge in [-0.15, -0.1) is 0 Å². The summed E-state index contributed by atoms with van der Waals surface area (Å²) in [5.74, 6) is 1.05. The number of hydrogen-bond donors (Lipinski definition) is 0. The number of fused-ring (bicyclic) bond motifs is 2. The van der Waals surface area contributed by atoms with Crippen LogP contribution in [0.25, 0.3) is 44.6 Å². The first-order valence-corrected chi connectivity index (χ1v) is 9.27. The second-order valence-corrected chi connectivity index (χ2v) is 7.37. The average molecular weight is 411 g/mol. The van der Waals surface area contributed by atoms with Crippen LogP contribution >= 0.6 is 23.2 Å². The van der Waals surface area contributed by atoms with Crippen LogP contribution in [0.4, 0.5) is 0 Å². The molecule has 28 heavy (non-hydrogen) atoms. The summed E-state index contributed by atoms with van der Waals surface area (Å²) in [5, 5.41) is 2.32. The third-order valence-electron chi connectivity index (χ3n) is 4.62. The number of hydrogen-bond acceptors (Lipinski definition) is 4. The molecule has 0 radical (unpaired) electrons. The highest BCUT2D eigenvalue weighted by molar-refractivity contribution is 6.38. The Bertz CT molecular complexity index is 1410. The van der Waals surface area contributed by atoms with Crippen LogP contribution in [-0.2, 0) is 0 Å². The number of furan rings is 2. The normalized spacial score (nSPS) is 11.5. The Morgan fingerprint density at radius 2 is 1.79 bits per heavy atom. The summed E-state index contributed by atoms with van der Waals surface area (Å²) in [7, 11) is 0. The highest BCUT2D eigenvalue weighted by atomic mass is 35.5. The molecule has 3 aromatic heterocycles. The Morgan fingerprint density at radius 3 is 2.57 bits per heavy atom. The molecule has 3 heterocycles. The minimum atomic E-state index is -0.471. The molecule has 0 spiro atoms. The summed E-state index contributed by atoms with van der Waals surface area (Å²) in [6, 6.07) is 14.0. The fraction of sp³-hybridized carbons (Fsp3) is 0.0455. The van der Waals surface area contributed by atoms with E-state index in [0.717, 1.165) is 10.9 Å². The molecular formula is C22H12Cl2O4. The van der Waals surface area contributed by atoms with Gasteiger partial charge in [0.25, 0.3) is 0 Å². The summed E-state index contributed by atoms with van der Waals surface area (Å²) in [6.07, 6.45) is 1.58. The highest BCUT2D eigenvalue weighted by Crippen LogP contribution is 2.45. The van der Waals surface area contributed by atoms with Crippen molar-refractivity contribution in [1.29, 1.82) is 0 Å². The molecule has 4 nitrogen and oxygen atoms in total. The van der Waals surface area contributed by atoms with Crippen LogP contribution in [0.1, 0.15) is 5.56 Å². The van der Waals surface area contributed by atoms with Crippen molar-refractivity contribution in [3.05, 3.63) is 80.8 Å². The lowest BCUT2D eigenvalue weighted by molar-refractivity contribution is 0.559. The van der Waals surface area contributed by atoms with Crippen molar-refractivity contribution in [2.45, 2.75) is 6.92 Å². The molecule has 0 amide bonds. The number of rotatable bonds is 2. The molecule has 0 aliphatic rings. The van der Waals surface area contributed by atoms with Crippen molar-refractivity contribution in [2.75, 3.05) is 0 Å². The van der Waals surface area contributed by atoms with Gasteiger partial charge < -0.3 is 13.3 Å². The van der Waals surface area contributed by atoms with Crippen LogP contribution in [-0.4, -0.2) is 0 Å². The van der Waals surface area contributed by atoms with E-state index < -0.39 is 5.63 Å². The van der Waals surface area contributed by atoms with E-state index in [2.05, 4.69) is 0 Å². The largest absolute Gasteiger partial charge is 0.464 e. The number of benzene rings is 2. The monoisotopic (exact) mass is 410 g/mol. The molecule has 0 saturated carbocycles. The lowest BCUT2D eigenvalue weighted by Gasteiger charge is -2.06. The van der Waals surface area contributed by atoms with Gasteiger partial charge in [-0.25, -0.2) is 4.79 Å². The Hall–Kier alpha value is -2.95. The molecule has 0 fully saturated rings. The van der Waals surface area contributed by atoms with Crippen LogP contribution in [0.5, 0.6) is 0 Å². The molecule has 5 aromatic rings. The standard InChI is InChI=1S/C22H12Cl2O4/c1-11-4-5-17-13(7-11)14(10-19(25)27-17)22-20(18-3-2-6-26-18)15-8-12(23)9-16(24)21(15)28-22/h2-10H,1H3. The molecular weight excluding hydrogens is 399 g/mol. The third-order valence-corrected chi connectivity index (χ3v) is 5.12. The van der Waals surface area contributed by atoms with Crippen LogP contribution in [0, 0.1) is 6.92 Å². The molecule has 0 saturated heterocycles. The van der Waals surface area contributed by atoms with Gasteiger partial charge in [0.2, 0.25) is 0 Å². The van der Waals surface area contributed by atoms with Gasteiger partial charge in [0, 0.05) is 27.4 Å². The van der Waals surface area contributed by atoms with Gasteiger partial charge in [0.05, 0.1) is 16.8 Å². The molecule has 0 atom stereocenters. The quantitative estimate of drug-likeness (QED) is 0.291. The molecule has 2 aromatic carbocycles. The predicted molar refractivity (Wildman–Crippen MR) is 110 cm³/mol. The van der Waals surface area contributed by atoms with Crippen molar-refractivity contribution in [2.24, 2.45) is 0 Å². The average Bonchev–Trinajstić information content (AvgIpc) is 3.28. The molecule has 6 heteroatoms. The SMILES string of the molecule is Cc1ccc2oc(=O)cc(-c3oc4c(Cl)cc(Cl)cc4c3-c3ccco3)c2c1.